The summed E-state index contributed by atoms with van der Waals surface area (Å²) < 4.78 is 0. The second kappa shape index (κ2) is 9.11. The summed E-state index contributed by atoms with van der Waals surface area (Å²) in [6, 6.07) is 18.0. The van der Waals surface area contributed by atoms with Crippen LogP contribution in [-0.4, -0.2) is 35.0 Å². The Morgan fingerprint density at radius 3 is 2.60 bits per heavy atom. The molecule has 2 heterocycles. The molecule has 1 atom stereocenters. The first kappa shape index (κ1) is 20.1. The molecule has 0 bridgehead atoms. The maximum atomic E-state index is 12.7. The van der Waals surface area contributed by atoms with Crippen LogP contribution in [0.1, 0.15) is 31.7 Å². The van der Waals surface area contributed by atoms with Crippen molar-refractivity contribution in [2.24, 2.45) is 5.92 Å². The number of aromatic amines is 1. The van der Waals surface area contributed by atoms with Crippen molar-refractivity contribution in [1.29, 1.82) is 0 Å². The topological polar surface area (TPSA) is 78.1 Å². The Morgan fingerprint density at radius 1 is 1.13 bits per heavy atom. The van der Waals surface area contributed by atoms with Crippen LogP contribution < -0.4 is 15.8 Å². The van der Waals surface area contributed by atoms with Crippen LogP contribution in [0, 0.1) is 5.92 Å². The first-order valence-electron chi connectivity index (χ1n) is 10.7. The van der Waals surface area contributed by atoms with Crippen LogP contribution in [0.15, 0.2) is 59.4 Å². The van der Waals surface area contributed by atoms with E-state index >= 15 is 0 Å². The van der Waals surface area contributed by atoms with E-state index in [1.807, 2.05) is 47.4 Å². The summed E-state index contributed by atoms with van der Waals surface area (Å²) in [6.07, 6.45) is 3.33. The number of nitrogens with zero attached hydrogens (tertiary/aromatic N) is 2. The molecular weight excluding hydrogens is 376 g/mol. The molecule has 1 saturated heterocycles. The van der Waals surface area contributed by atoms with E-state index in [4.69, 9.17) is 0 Å². The van der Waals surface area contributed by atoms with Crippen LogP contribution >= 0.6 is 0 Å². The zero-order valence-electron chi connectivity index (χ0n) is 17.3. The van der Waals surface area contributed by atoms with Gasteiger partial charge in [0.15, 0.2) is 5.82 Å². The van der Waals surface area contributed by atoms with Gasteiger partial charge in [-0.3, -0.25) is 9.59 Å². The summed E-state index contributed by atoms with van der Waals surface area (Å²) in [7, 11) is 0. The van der Waals surface area contributed by atoms with E-state index in [0.29, 0.717) is 18.9 Å². The lowest BCUT2D eigenvalue weighted by Crippen LogP contribution is -2.44. The van der Waals surface area contributed by atoms with Crippen LogP contribution in [0.4, 0.5) is 5.82 Å². The first-order valence-corrected chi connectivity index (χ1v) is 10.7. The third kappa shape index (κ3) is 4.70. The van der Waals surface area contributed by atoms with Crippen molar-refractivity contribution in [1.82, 2.24) is 15.3 Å². The number of aromatic nitrogens is 2. The van der Waals surface area contributed by atoms with Crippen LogP contribution in [0.5, 0.6) is 0 Å². The van der Waals surface area contributed by atoms with Crippen LogP contribution in [0.2, 0.25) is 0 Å². The molecule has 2 aromatic carbocycles. The number of carbonyl (C=O) groups excluding carboxylic acids is 1. The quantitative estimate of drug-likeness (QED) is 0.661. The molecule has 6 heteroatoms. The van der Waals surface area contributed by atoms with Gasteiger partial charge >= 0.3 is 0 Å². The van der Waals surface area contributed by atoms with E-state index in [9.17, 15) is 9.59 Å². The summed E-state index contributed by atoms with van der Waals surface area (Å²) in [4.78, 5) is 34.6. The van der Waals surface area contributed by atoms with E-state index in [1.165, 1.54) is 5.56 Å². The largest absolute Gasteiger partial charge is 0.353 e. The van der Waals surface area contributed by atoms with Crippen LogP contribution in [0.3, 0.4) is 0 Å². The van der Waals surface area contributed by atoms with Gasteiger partial charge in [-0.1, -0.05) is 42.5 Å². The molecule has 1 amide bonds. The normalized spacial score (nSPS) is 15.8. The highest BCUT2D eigenvalue weighted by atomic mass is 16.2. The number of piperidine rings is 1. The van der Waals surface area contributed by atoms with Gasteiger partial charge in [0.1, 0.15) is 0 Å². The van der Waals surface area contributed by atoms with Crippen LogP contribution in [0.25, 0.3) is 11.0 Å². The predicted octanol–water partition coefficient (Wildman–Crippen LogP) is 3.28. The highest BCUT2D eigenvalue weighted by molar-refractivity contribution is 5.79. The summed E-state index contributed by atoms with van der Waals surface area (Å²) in [5.41, 5.74) is 2.63. The van der Waals surface area contributed by atoms with Gasteiger partial charge in [0.05, 0.1) is 11.0 Å². The molecule has 1 aromatic heterocycles. The number of H-pyrrole nitrogens is 1. The molecule has 0 radical (unpaired) electrons. The first-order chi connectivity index (χ1) is 14.6. The summed E-state index contributed by atoms with van der Waals surface area (Å²) in [5, 5.41) is 3.17. The van der Waals surface area contributed by atoms with Gasteiger partial charge in [0.2, 0.25) is 5.91 Å². The number of fused-ring (bicyclic) bond motifs is 1. The second-order valence-corrected chi connectivity index (χ2v) is 8.10. The Morgan fingerprint density at radius 2 is 1.83 bits per heavy atom. The zero-order chi connectivity index (χ0) is 20.9. The predicted molar refractivity (Wildman–Crippen MR) is 120 cm³/mol. The van der Waals surface area contributed by atoms with Crippen molar-refractivity contribution in [3.05, 3.63) is 70.5 Å². The molecule has 6 nitrogen and oxygen atoms in total. The molecule has 2 N–H and O–H groups in total. The van der Waals surface area contributed by atoms with Gasteiger partial charge in [0, 0.05) is 25.0 Å². The number of para-hydroxylation sites is 2. The Bertz CT molecular complexity index is 1060. The summed E-state index contributed by atoms with van der Waals surface area (Å²) in [6.45, 7) is 3.38. The van der Waals surface area contributed by atoms with Gasteiger partial charge in [0.25, 0.3) is 5.56 Å². The number of hydrogen-bond donors (Lipinski definition) is 2. The van der Waals surface area contributed by atoms with Gasteiger partial charge in [-0.05, 0) is 50.3 Å². The van der Waals surface area contributed by atoms with Gasteiger partial charge in [-0.25, -0.2) is 4.98 Å². The molecule has 0 spiro atoms. The molecule has 1 aliphatic rings. The average Bonchev–Trinajstić information content (AvgIpc) is 2.78. The number of carbonyl (C=O) groups is 1. The molecule has 1 fully saturated rings. The molecule has 30 heavy (non-hydrogen) atoms. The number of benzene rings is 2. The highest BCUT2D eigenvalue weighted by Gasteiger charge is 2.27. The number of nitrogens with one attached hydrogen (secondary N) is 2. The number of amides is 1. The van der Waals surface area contributed by atoms with Gasteiger partial charge in [-0.15, -0.1) is 0 Å². The van der Waals surface area contributed by atoms with Gasteiger partial charge in [-0.2, -0.15) is 0 Å². The minimum atomic E-state index is -0.175. The SMILES string of the molecule is C[C@@H](CCc1ccccc1)NC(=O)C1CCN(c2nc3ccccc3[nH]c2=O)CC1. The molecule has 0 unspecified atom stereocenters. The van der Waals surface area contributed by atoms with Crippen molar-refractivity contribution < 1.29 is 4.79 Å². The highest BCUT2D eigenvalue weighted by Crippen LogP contribution is 2.21. The molecular formula is C24H28N4O2. The Labute approximate surface area is 176 Å². The molecule has 156 valence electrons. The van der Waals surface area contributed by atoms with Gasteiger partial charge < -0.3 is 15.2 Å². The smallest absolute Gasteiger partial charge is 0.291 e. The van der Waals surface area contributed by atoms with Crippen molar-refractivity contribution in [2.75, 3.05) is 18.0 Å². The van der Waals surface area contributed by atoms with Crippen molar-refractivity contribution in [3.63, 3.8) is 0 Å². The van der Waals surface area contributed by atoms with Crippen molar-refractivity contribution >= 4 is 22.8 Å². The molecule has 0 aliphatic carbocycles. The Kier molecular flexibility index (Phi) is 6.12. The minimum Gasteiger partial charge on any atom is -0.353 e. The molecule has 4 rings (SSSR count). The van der Waals surface area contributed by atoms with E-state index in [2.05, 4.69) is 34.3 Å². The maximum Gasteiger partial charge on any atom is 0.291 e. The number of rotatable bonds is 6. The fourth-order valence-corrected chi connectivity index (χ4v) is 4.05. The lowest BCUT2D eigenvalue weighted by atomic mass is 9.95. The fourth-order valence-electron chi connectivity index (χ4n) is 4.05. The second-order valence-electron chi connectivity index (χ2n) is 8.10. The number of anilines is 1. The third-order valence-corrected chi connectivity index (χ3v) is 5.84. The lowest BCUT2D eigenvalue weighted by Gasteiger charge is -2.32. The van der Waals surface area contributed by atoms with Crippen molar-refractivity contribution in [3.8, 4) is 0 Å². The average molecular weight is 405 g/mol. The van der Waals surface area contributed by atoms with E-state index in [0.717, 1.165) is 36.7 Å². The van der Waals surface area contributed by atoms with Crippen LogP contribution in [-0.2, 0) is 11.2 Å². The zero-order valence-corrected chi connectivity index (χ0v) is 17.3. The summed E-state index contributed by atoms with van der Waals surface area (Å²) >= 11 is 0. The minimum absolute atomic E-state index is 0.0139. The number of hydrogen-bond acceptors (Lipinski definition) is 4. The third-order valence-electron chi connectivity index (χ3n) is 5.84. The monoisotopic (exact) mass is 404 g/mol. The number of aryl methyl sites for hydroxylation is 1. The molecule has 1 aliphatic heterocycles. The standard InChI is InChI=1S/C24H28N4O2/c1-17(11-12-18-7-3-2-4-8-18)25-23(29)19-13-15-28(16-14-19)22-24(30)27-21-10-6-5-9-20(21)26-22/h2-10,17,19H,11-16H2,1H3,(H,25,29)(H,27,30)/t17-/m0/s1. The molecule has 3 aromatic rings. The van der Waals surface area contributed by atoms with E-state index in [-0.39, 0.29) is 23.4 Å². The summed E-state index contributed by atoms with van der Waals surface area (Å²) in [5.74, 6) is 0.555. The fraction of sp³-hybridized carbons (Fsp3) is 0.375. The van der Waals surface area contributed by atoms with E-state index in [1.54, 1.807) is 0 Å². The Balaban J connectivity index is 1.30. The molecule has 0 saturated carbocycles. The Hall–Kier alpha value is -3.15. The van der Waals surface area contributed by atoms with Crippen molar-refractivity contribution in [2.45, 2.75) is 38.6 Å². The lowest BCUT2D eigenvalue weighted by molar-refractivity contribution is -0.126. The van der Waals surface area contributed by atoms with E-state index < -0.39 is 0 Å². The maximum absolute atomic E-state index is 12.7.